The maximum atomic E-state index is 12.6. The smallest absolute Gasteiger partial charge is 0.255 e. The van der Waals surface area contributed by atoms with Crippen LogP contribution in [0.1, 0.15) is 41.8 Å². The van der Waals surface area contributed by atoms with Crippen LogP contribution in [-0.2, 0) is 4.79 Å². The fourth-order valence-corrected chi connectivity index (χ4v) is 4.88. The number of pyridine rings is 2. The third-order valence-electron chi connectivity index (χ3n) is 6.74. The lowest BCUT2D eigenvalue weighted by molar-refractivity contribution is -0.117. The number of ether oxygens (including phenoxy) is 1. The van der Waals surface area contributed by atoms with Crippen molar-refractivity contribution in [1.82, 2.24) is 9.97 Å². The lowest BCUT2D eigenvalue weighted by Gasteiger charge is -2.28. The molecular weight excluding hydrogens is 480 g/mol. The van der Waals surface area contributed by atoms with E-state index in [9.17, 15) is 9.59 Å². The molecule has 1 fully saturated rings. The summed E-state index contributed by atoms with van der Waals surface area (Å²) >= 11 is 0. The fraction of sp³-hybridized carbons (Fsp3) is 0.172. The van der Waals surface area contributed by atoms with Crippen molar-refractivity contribution in [1.29, 1.82) is 0 Å². The first-order chi connectivity index (χ1) is 18.4. The number of nitrogens with one attached hydrogen (secondary N) is 2. The van der Waals surface area contributed by atoms with Gasteiger partial charge in [0.15, 0.2) is 0 Å². The maximum Gasteiger partial charge on any atom is 0.255 e. The highest BCUT2D eigenvalue weighted by molar-refractivity contribution is 6.05. The first-order valence-corrected chi connectivity index (χ1v) is 12.4. The monoisotopic (exact) mass is 506 g/mol. The summed E-state index contributed by atoms with van der Waals surface area (Å²) in [6.07, 6.45) is 6.33. The highest BCUT2D eigenvalue weighted by Crippen LogP contribution is 2.44. The van der Waals surface area contributed by atoms with Crippen LogP contribution in [0.4, 0.5) is 28.6 Å². The molecule has 2 aliphatic rings. The number of amides is 2. The van der Waals surface area contributed by atoms with Crippen molar-refractivity contribution in [2.24, 2.45) is 0 Å². The molecule has 2 amide bonds. The summed E-state index contributed by atoms with van der Waals surface area (Å²) in [5.41, 5.74) is 11.8. The van der Waals surface area contributed by atoms with E-state index < -0.39 is 0 Å². The molecule has 1 atom stereocenters. The number of hydrogen-bond donors (Lipinski definition) is 3. The largest absolute Gasteiger partial charge is 0.485 e. The van der Waals surface area contributed by atoms with Crippen LogP contribution in [0, 0.1) is 0 Å². The van der Waals surface area contributed by atoms with Gasteiger partial charge >= 0.3 is 0 Å². The second-order valence-corrected chi connectivity index (χ2v) is 9.41. The summed E-state index contributed by atoms with van der Waals surface area (Å²) in [6, 6.07) is 16.4. The first-order valence-electron chi connectivity index (χ1n) is 12.4. The number of carbonyl (C=O) groups excluding carboxylic acids is 2. The normalized spacial score (nSPS) is 15.9. The van der Waals surface area contributed by atoms with Gasteiger partial charge in [0, 0.05) is 58.9 Å². The molecule has 4 heterocycles. The molecule has 0 radical (unpaired) electrons. The van der Waals surface area contributed by atoms with E-state index >= 15 is 0 Å². The fourth-order valence-electron chi connectivity index (χ4n) is 4.88. The summed E-state index contributed by atoms with van der Waals surface area (Å²) in [5.74, 6) is 1.25. The van der Waals surface area contributed by atoms with Crippen LogP contribution >= 0.6 is 0 Å². The van der Waals surface area contributed by atoms with Gasteiger partial charge in [0.25, 0.3) is 5.91 Å². The molecular formula is C29H26N6O3. The molecule has 4 aromatic rings. The van der Waals surface area contributed by atoms with Gasteiger partial charge in [0.2, 0.25) is 5.91 Å². The number of nitrogens with zero attached hydrogens (tertiary/aromatic N) is 3. The van der Waals surface area contributed by atoms with Crippen LogP contribution in [0.5, 0.6) is 5.75 Å². The maximum absolute atomic E-state index is 12.6. The predicted molar refractivity (Wildman–Crippen MR) is 147 cm³/mol. The van der Waals surface area contributed by atoms with Crippen LogP contribution in [0.25, 0.3) is 11.1 Å². The van der Waals surface area contributed by atoms with E-state index in [1.165, 1.54) is 0 Å². The molecule has 2 aromatic heterocycles. The van der Waals surface area contributed by atoms with Crippen molar-refractivity contribution in [2.45, 2.75) is 25.9 Å². The second kappa shape index (κ2) is 9.51. The van der Waals surface area contributed by atoms with E-state index in [1.807, 2.05) is 42.3 Å². The Morgan fingerprint density at radius 1 is 1.05 bits per heavy atom. The lowest BCUT2D eigenvalue weighted by atomic mass is 9.94. The van der Waals surface area contributed by atoms with Crippen LogP contribution in [0.2, 0.25) is 0 Å². The van der Waals surface area contributed by atoms with Crippen LogP contribution < -0.4 is 26.0 Å². The molecule has 4 N–H and O–H groups in total. The van der Waals surface area contributed by atoms with E-state index in [0.29, 0.717) is 34.9 Å². The Morgan fingerprint density at radius 3 is 2.74 bits per heavy atom. The SMILES string of the molecule is CC1Oc2cc(N3CCCC3=O)ccc2-c2cnc(Nc3cncc(NC(=O)c4cccc(N)c4)c3)cc21. The average molecular weight is 507 g/mol. The van der Waals surface area contributed by atoms with E-state index in [4.69, 9.17) is 10.5 Å². The van der Waals surface area contributed by atoms with Gasteiger partial charge in [-0.05, 0) is 55.8 Å². The molecule has 1 saturated heterocycles. The van der Waals surface area contributed by atoms with Gasteiger partial charge in [0.05, 0.1) is 23.8 Å². The van der Waals surface area contributed by atoms with Gasteiger partial charge in [-0.25, -0.2) is 4.98 Å². The summed E-state index contributed by atoms with van der Waals surface area (Å²) < 4.78 is 6.25. The number of anilines is 5. The number of carbonyl (C=O) groups is 2. The molecule has 2 aliphatic heterocycles. The Bertz CT molecular complexity index is 1570. The Morgan fingerprint density at radius 2 is 1.92 bits per heavy atom. The van der Waals surface area contributed by atoms with Crippen molar-refractivity contribution in [3.8, 4) is 16.9 Å². The van der Waals surface area contributed by atoms with Crippen LogP contribution in [0.15, 0.2) is 73.2 Å². The highest BCUT2D eigenvalue weighted by Gasteiger charge is 2.27. The molecule has 9 heteroatoms. The summed E-state index contributed by atoms with van der Waals surface area (Å²) in [7, 11) is 0. The quantitative estimate of drug-likeness (QED) is 0.314. The van der Waals surface area contributed by atoms with Crippen molar-refractivity contribution < 1.29 is 14.3 Å². The van der Waals surface area contributed by atoms with Crippen molar-refractivity contribution in [2.75, 3.05) is 27.8 Å². The number of hydrogen-bond acceptors (Lipinski definition) is 7. The van der Waals surface area contributed by atoms with Gasteiger partial charge in [-0.2, -0.15) is 0 Å². The van der Waals surface area contributed by atoms with Crippen molar-refractivity contribution >= 4 is 40.4 Å². The van der Waals surface area contributed by atoms with Crippen molar-refractivity contribution in [3.63, 3.8) is 0 Å². The molecule has 190 valence electrons. The zero-order valence-electron chi connectivity index (χ0n) is 20.8. The molecule has 38 heavy (non-hydrogen) atoms. The molecule has 2 aromatic carbocycles. The third kappa shape index (κ3) is 4.50. The average Bonchev–Trinajstić information content (AvgIpc) is 3.34. The topological polar surface area (TPSA) is 122 Å². The standard InChI is InChI=1S/C29H26N6O3/c1-17-24-13-27(33-20-11-21(15-31-14-20)34-29(37)18-4-2-5-19(30)10-18)32-16-25(24)23-8-7-22(12-26(23)38-17)35-9-3-6-28(35)36/h2,4-5,7-8,10-17H,3,6,9,30H2,1H3,(H,32,33)(H,34,37). The Hall–Kier alpha value is -4.92. The van der Waals surface area contributed by atoms with Gasteiger partial charge in [-0.1, -0.05) is 6.07 Å². The van der Waals surface area contributed by atoms with E-state index in [1.54, 1.807) is 42.7 Å². The minimum Gasteiger partial charge on any atom is -0.485 e. The number of rotatable bonds is 5. The number of fused-ring (bicyclic) bond motifs is 3. The first kappa shape index (κ1) is 23.5. The summed E-state index contributed by atoms with van der Waals surface area (Å²) in [4.78, 5) is 35.4. The molecule has 0 spiro atoms. The lowest BCUT2D eigenvalue weighted by Crippen LogP contribution is -2.24. The number of benzene rings is 2. The van der Waals surface area contributed by atoms with Gasteiger partial charge in [0.1, 0.15) is 17.7 Å². The Labute approximate surface area is 219 Å². The Kier molecular flexibility index (Phi) is 5.88. The summed E-state index contributed by atoms with van der Waals surface area (Å²) in [6.45, 7) is 2.73. The highest BCUT2D eigenvalue weighted by atomic mass is 16.5. The third-order valence-corrected chi connectivity index (χ3v) is 6.74. The molecule has 1 unspecified atom stereocenters. The second-order valence-electron chi connectivity index (χ2n) is 9.41. The van der Waals surface area contributed by atoms with Crippen molar-refractivity contribution in [3.05, 3.63) is 84.3 Å². The molecule has 0 saturated carbocycles. The van der Waals surface area contributed by atoms with E-state index in [-0.39, 0.29) is 17.9 Å². The number of aromatic nitrogens is 2. The predicted octanol–water partition coefficient (Wildman–Crippen LogP) is 5.30. The minimum absolute atomic E-state index is 0.148. The summed E-state index contributed by atoms with van der Waals surface area (Å²) in [5, 5.41) is 6.11. The van der Waals surface area contributed by atoms with E-state index in [0.717, 1.165) is 41.1 Å². The van der Waals surface area contributed by atoms with Crippen LogP contribution in [-0.4, -0.2) is 28.3 Å². The zero-order valence-corrected chi connectivity index (χ0v) is 20.8. The molecule has 6 rings (SSSR count). The molecule has 9 nitrogen and oxygen atoms in total. The molecule has 0 bridgehead atoms. The van der Waals surface area contributed by atoms with Gasteiger partial charge < -0.3 is 26.0 Å². The number of nitrogens with two attached hydrogens (primary N) is 1. The van der Waals surface area contributed by atoms with Gasteiger partial charge in [-0.3, -0.25) is 14.6 Å². The van der Waals surface area contributed by atoms with Gasteiger partial charge in [-0.15, -0.1) is 0 Å². The minimum atomic E-state index is -0.273. The van der Waals surface area contributed by atoms with E-state index in [2.05, 4.69) is 20.6 Å². The van der Waals surface area contributed by atoms with Crippen LogP contribution in [0.3, 0.4) is 0 Å². The Balaban J connectivity index is 1.21. The molecule has 0 aliphatic carbocycles. The zero-order chi connectivity index (χ0) is 26.2. The number of nitrogen functional groups attached to an aromatic ring is 1.